The maximum Gasteiger partial charge on any atom is 0.339 e. The van der Waals surface area contributed by atoms with Gasteiger partial charge in [-0.25, -0.2) is 4.79 Å². The number of carbonyl (C=O) groups excluding carboxylic acids is 1. The van der Waals surface area contributed by atoms with Crippen molar-refractivity contribution in [3.05, 3.63) is 59.2 Å². The number of carbonyl (C=O) groups is 2. The van der Waals surface area contributed by atoms with E-state index in [-0.39, 0.29) is 23.9 Å². The summed E-state index contributed by atoms with van der Waals surface area (Å²) < 4.78 is 5.50. The van der Waals surface area contributed by atoms with Crippen LogP contribution in [0.5, 0.6) is 5.75 Å². The lowest BCUT2D eigenvalue weighted by molar-refractivity contribution is -0.121. The fourth-order valence-corrected chi connectivity index (χ4v) is 4.67. The van der Waals surface area contributed by atoms with E-state index in [0.29, 0.717) is 12.4 Å². The molecule has 0 spiro atoms. The molecule has 6 heteroatoms. The summed E-state index contributed by atoms with van der Waals surface area (Å²) in [6.07, 6.45) is 8.07. The molecule has 1 unspecified atom stereocenters. The zero-order valence-corrected chi connectivity index (χ0v) is 20.5. The first-order valence-corrected chi connectivity index (χ1v) is 12.7. The van der Waals surface area contributed by atoms with Crippen LogP contribution in [0.25, 0.3) is 0 Å². The van der Waals surface area contributed by atoms with Crippen LogP contribution in [0.15, 0.2) is 42.5 Å². The van der Waals surface area contributed by atoms with Crippen LogP contribution in [0.4, 0.5) is 5.69 Å². The number of anilines is 1. The van der Waals surface area contributed by atoms with Gasteiger partial charge in [0.15, 0.2) is 0 Å². The van der Waals surface area contributed by atoms with Crippen LogP contribution in [-0.4, -0.2) is 36.7 Å². The van der Waals surface area contributed by atoms with Gasteiger partial charge in [0.25, 0.3) is 0 Å². The molecule has 0 aromatic heterocycles. The molecule has 1 fully saturated rings. The van der Waals surface area contributed by atoms with Gasteiger partial charge in [0, 0.05) is 18.8 Å². The highest BCUT2D eigenvalue weighted by atomic mass is 16.5. The second-order valence-corrected chi connectivity index (χ2v) is 8.97. The van der Waals surface area contributed by atoms with Gasteiger partial charge < -0.3 is 20.1 Å². The normalized spacial score (nSPS) is 14.5. The minimum Gasteiger partial charge on any atom is -0.493 e. The van der Waals surface area contributed by atoms with E-state index in [1.165, 1.54) is 36.6 Å². The van der Waals surface area contributed by atoms with E-state index < -0.39 is 5.97 Å². The molecular weight excluding hydrogens is 428 g/mol. The first-order valence-electron chi connectivity index (χ1n) is 12.7. The molecule has 6 nitrogen and oxygen atoms in total. The third-order valence-corrected chi connectivity index (χ3v) is 6.38. The average molecular weight is 467 g/mol. The molecule has 1 amide bonds. The van der Waals surface area contributed by atoms with Gasteiger partial charge in [-0.2, -0.15) is 0 Å². The second-order valence-electron chi connectivity index (χ2n) is 8.97. The molecule has 1 aliphatic heterocycles. The number of nitrogens with one attached hydrogen (secondary N) is 1. The summed E-state index contributed by atoms with van der Waals surface area (Å²) in [5.74, 6) is -0.805. The van der Waals surface area contributed by atoms with Crippen LogP contribution in [0.3, 0.4) is 0 Å². The van der Waals surface area contributed by atoms with Gasteiger partial charge in [-0.05, 0) is 61.9 Å². The van der Waals surface area contributed by atoms with Crippen molar-refractivity contribution >= 4 is 17.6 Å². The summed E-state index contributed by atoms with van der Waals surface area (Å²) in [5, 5.41) is 12.7. The summed E-state index contributed by atoms with van der Waals surface area (Å²) in [6.45, 7) is 6.48. The standard InChI is InChI=1S/C28H38N2O4/c1-3-5-7-13-24(22-12-8-9-14-25(22)30-17-10-6-11-18-30)29-27(31)20-21-15-16-23(28(32)33)26(19-21)34-4-2/h8-9,12,14-16,19,24H,3-7,10-11,13,17-18,20H2,1-2H3,(H,29,31)(H,32,33). The Morgan fingerprint density at radius 1 is 1.06 bits per heavy atom. The Morgan fingerprint density at radius 3 is 2.53 bits per heavy atom. The zero-order chi connectivity index (χ0) is 24.3. The molecule has 0 bridgehead atoms. The van der Waals surface area contributed by atoms with Crippen molar-refractivity contribution < 1.29 is 19.4 Å². The number of nitrogens with zero attached hydrogens (tertiary/aromatic N) is 1. The van der Waals surface area contributed by atoms with E-state index >= 15 is 0 Å². The molecule has 34 heavy (non-hydrogen) atoms. The Labute approximate surface area is 203 Å². The highest BCUT2D eigenvalue weighted by molar-refractivity contribution is 5.91. The third-order valence-electron chi connectivity index (χ3n) is 6.38. The Bertz CT molecular complexity index is 953. The lowest BCUT2D eigenvalue weighted by Crippen LogP contribution is -2.34. The molecule has 0 radical (unpaired) electrons. The molecule has 2 aromatic carbocycles. The SMILES string of the molecule is CCCCCC(NC(=O)Cc1ccc(C(=O)O)c(OCC)c1)c1ccccc1N1CCCCC1. The van der Waals surface area contributed by atoms with Crippen molar-refractivity contribution in [3.63, 3.8) is 0 Å². The van der Waals surface area contributed by atoms with Crippen LogP contribution in [0.1, 0.15) is 86.3 Å². The summed E-state index contributed by atoms with van der Waals surface area (Å²) >= 11 is 0. The fraction of sp³-hybridized carbons (Fsp3) is 0.500. The number of amides is 1. The Hall–Kier alpha value is -3.02. The van der Waals surface area contributed by atoms with Crippen LogP contribution in [0, 0.1) is 0 Å². The molecule has 2 aromatic rings. The molecule has 0 saturated carbocycles. The van der Waals surface area contributed by atoms with E-state index in [2.05, 4.69) is 41.4 Å². The van der Waals surface area contributed by atoms with Gasteiger partial charge in [0.2, 0.25) is 5.91 Å². The van der Waals surface area contributed by atoms with Gasteiger partial charge in [-0.15, -0.1) is 0 Å². The molecule has 1 aliphatic rings. The predicted molar refractivity (Wildman–Crippen MR) is 136 cm³/mol. The van der Waals surface area contributed by atoms with Crippen molar-refractivity contribution in [1.82, 2.24) is 5.32 Å². The topological polar surface area (TPSA) is 78.9 Å². The maximum absolute atomic E-state index is 13.1. The molecule has 0 aliphatic carbocycles. The van der Waals surface area contributed by atoms with Crippen molar-refractivity contribution in [2.75, 3.05) is 24.6 Å². The number of hydrogen-bond acceptors (Lipinski definition) is 4. The molecule has 2 N–H and O–H groups in total. The monoisotopic (exact) mass is 466 g/mol. The molecule has 184 valence electrons. The fourth-order valence-electron chi connectivity index (χ4n) is 4.67. The first kappa shape index (κ1) is 25.6. The Balaban J connectivity index is 1.78. The zero-order valence-electron chi connectivity index (χ0n) is 20.5. The number of carboxylic acids is 1. The molecule has 1 saturated heterocycles. The smallest absolute Gasteiger partial charge is 0.339 e. The lowest BCUT2D eigenvalue weighted by atomic mass is 9.96. The van der Waals surface area contributed by atoms with E-state index in [4.69, 9.17) is 4.74 Å². The summed E-state index contributed by atoms with van der Waals surface area (Å²) in [6, 6.07) is 13.3. The highest BCUT2D eigenvalue weighted by Gasteiger charge is 2.22. The number of ether oxygens (including phenoxy) is 1. The van der Waals surface area contributed by atoms with Crippen molar-refractivity contribution in [3.8, 4) is 5.75 Å². The second kappa shape index (κ2) is 13.0. The first-order chi connectivity index (χ1) is 16.5. The van der Waals surface area contributed by atoms with E-state index in [9.17, 15) is 14.7 Å². The maximum atomic E-state index is 13.1. The summed E-state index contributed by atoms with van der Waals surface area (Å²) in [5.41, 5.74) is 3.26. The number of para-hydroxylation sites is 1. The van der Waals surface area contributed by atoms with Crippen molar-refractivity contribution in [2.24, 2.45) is 0 Å². The minimum atomic E-state index is -1.04. The molecule has 3 rings (SSSR count). The van der Waals surface area contributed by atoms with Crippen LogP contribution < -0.4 is 15.0 Å². The molecule has 1 atom stereocenters. The Morgan fingerprint density at radius 2 is 1.82 bits per heavy atom. The van der Waals surface area contributed by atoms with Crippen molar-refractivity contribution in [2.45, 2.75) is 71.3 Å². The number of carboxylic acid groups (broad SMARTS) is 1. The van der Waals surface area contributed by atoms with Crippen LogP contribution in [0.2, 0.25) is 0 Å². The number of hydrogen-bond donors (Lipinski definition) is 2. The van der Waals surface area contributed by atoms with E-state index in [1.54, 1.807) is 12.1 Å². The number of unbranched alkanes of at least 4 members (excludes halogenated alkanes) is 2. The molecular formula is C28H38N2O4. The van der Waals surface area contributed by atoms with Crippen LogP contribution >= 0.6 is 0 Å². The molecule has 1 heterocycles. The summed E-state index contributed by atoms with van der Waals surface area (Å²) in [7, 11) is 0. The van der Waals surface area contributed by atoms with Crippen molar-refractivity contribution in [1.29, 1.82) is 0 Å². The van der Waals surface area contributed by atoms with Gasteiger partial charge in [-0.1, -0.05) is 50.5 Å². The number of piperidine rings is 1. The minimum absolute atomic E-state index is 0.0539. The lowest BCUT2D eigenvalue weighted by Gasteiger charge is -2.33. The van der Waals surface area contributed by atoms with Gasteiger partial charge in [0.1, 0.15) is 11.3 Å². The number of benzene rings is 2. The van der Waals surface area contributed by atoms with Gasteiger partial charge in [0.05, 0.1) is 19.1 Å². The average Bonchev–Trinajstić information content (AvgIpc) is 2.84. The van der Waals surface area contributed by atoms with E-state index in [0.717, 1.165) is 44.3 Å². The van der Waals surface area contributed by atoms with E-state index in [1.807, 2.05) is 6.92 Å². The van der Waals surface area contributed by atoms with Gasteiger partial charge in [-0.3, -0.25) is 4.79 Å². The van der Waals surface area contributed by atoms with Gasteiger partial charge >= 0.3 is 5.97 Å². The largest absolute Gasteiger partial charge is 0.493 e. The highest BCUT2D eigenvalue weighted by Crippen LogP contribution is 2.32. The predicted octanol–water partition coefficient (Wildman–Crippen LogP) is 5.75. The van der Waals surface area contributed by atoms with Crippen LogP contribution in [-0.2, 0) is 11.2 Å². The quantitative estimate of drug-likeness (QED) is 0.389. The third kappa shape index (κ3) is 6.99. The Kier molecular flexibility index (Phi) is 9.80. The summed E-state index contributed by atoms with van der Waals surface area (Å²) in [4.78, 5) is 27.0. The number of aromatic carboxylic acids is 1. The number of rotatable bonds is 12.